The molecule has 0 spiro atoms. The van der Waals surface area contributed by atoms with Gasteiger partial charge >= 0.3 is 0 Å². The third-order valence-corrected chi connectivity index (χ3v) is 6.62. The number of nitrogens with zero attached hydrogens (tertiary/aromatic N) is 8. The van der Waals surface area contributed by atoms with E-state index in [2.05, 4.69) is 25.7 Å². The number of aromatic nitrogens is 7. The summed E-state index contributed by atoms with van der Waals surface area (Å²) in [5.41, 5.74) is 3.57. The maximum absolute atomic E-state index is 11.8. The first-order valence-corrected chi connectivity index (χ1v) is 10.2. The van der Waals surface area contributed by atoms with Gasteiger partial charge in [0.2, 0.25) is 0 Å². The summed E-state index contributed by atoms with van der Waals surface area (Å²) in [5.74, 6) is 1.14. The number of aryl methyl sites for hydroxylation is 1. The fourth-order valence-corrected chi connectivity index (χ4v) is 5.10. The van der Waals surface area contributed by atoms with Gasteiger partial charge in [-0.15, -0.1) is 14.8 Å². The molecule has 1 unspecified atom stereocenters. The quantitative estimate of drug-likeness (QED) is 0.640. The Kier molecular flexibility index (Phi) is 3.90. The van der Waals surface area contributed by atoms with E-state index >= 15 is 0 Å². The number of anilines is 1. The van der Waals surface area contributed by atoms with Crippen LogP contribution in [0.4, 0.5) is 5.82 Å². The van der Waals surface area contributed by atoms with E-state index < -0.39 is 9.84 Å². The van der Waals surface area contributed by atoms with Crippen LogP contribution >= 0.6 is 0 Å². The normalized spacial score (nSPS) is 19.3. The van der Waals surface area contributed by atoms with Crippen LogP contribution < -0.4 is 4.90 Å². The Bertz CT molecular complexity index is 1070. The lowest BCUT2D eigenvalue weighted by Crippen LogP contribution is -2.20. The number of rotatable bonds is 4. The Morgan fingerprint density at radius 2 is 2.08 bits per heavy atom. The summed E-state index contributed by atoms with van der Waals surface area (Å²) in [6.45, 7) is 4.55. The number of sulfone groups is 1. The van der Waals surface area contributed by atoms with E-state index in [9.17, 15) is 8.42 Å². The summed E-state index contributed by atoms with van der Waals surface area (Å²) >= 11 is 0. The lowest BCUT2D eigenvalue weighted by atomic mass is 10.1. The zero-order chi connectivity index (χ0) is 18.5. The van der Waals surface area contributed by atoms with Gasteiger partial charge in [0.15, 0.2) is 21.3 Å². The van der Waals surface area contributed by atoms with Crippen molar-refractivity contribution in [2.24, 2.45) is 0 Å². The smallest absolute Gasteiger partial charge is 0.200 e. The van der Waals surface area contributed by atoms with Crippen LogP contribution in [-0.2, 0) is 16.4 Å². The second-order valence-electron chi connectivity index (χ2n) is 6.72. The van der Waals surface area contributed by atoms with Gasteiger partial charge in [0.1, 0.15) is 0 Å². The minimum absolute atomic E-state index is 0.0755. The van der Waals surface area contributed by atoms with Crippen molar-refractivity contribution in [2.75, 3.05) is 23.5 Å². The van der Waals surface area contributed by atoms with Crippen molar-refractivity contribution in [3.63, 3.8) is 0 Å². The fraction of sp³-hybridized carbons (Fsp3) is 0.533. The Morgan fingerprint density at radius 1 is 1.27 bits per heavy atom. The SMILES string of the molecule is Cc1nn(C2CCS(=O)(=O)C2)c(C)c1CN(C)c1ccc2nnnn2n1. The molecule has 0 N–H and O–H groups in total. The van der Waals surface area contributed by atoms with Crippen molar-refractivity contribution in [3.8, 4) is 0 Å². The molecule has 1 fully saturated rings. The lowest BCUT2D eigenvalue weighted by Gasteiger charge is -2.18. The molecule has 3 aromatic heterocycles. The molecule has 0 bridgehead atoms. The summed E-state index contributed by atoms with van der Waals surface area (Å²) < 4.78 is 26.8. The topological polar surface area (TPSA) is 111 Å². The van der Waals surface area contributed by atoms with Gasteiger partial charge in [-0.3, -0.25) is 4.68 Å². The van der Waals surface area contributed by atoms with Crippen molar-refractivity contribution >= 4 is 21.3 Å². The van der Waals surface area contributed by atoms with Crippen LogP contribution in [0, 0.1) is 13.8 Å². The molecule has 0 aromatic carbocycles. The Hall–Kier alpha value is -2.56. The minimum Gasteiger partial charge on any atom is -0.354 e. The average molecular weight is 376 g/mol. The summed E-state index contributed by atoms with van der Waals surface area (Å²) in [5, 5.41) is 20.3. The third-order valence-electron chi connectivity index (χ3n) is 4.87. The number of tetrazole rings is 1. The van der Waals surface area contributed by atoms with Gasteiger partial charge in [-0.1, -0.05) is 0 Å². The van der Waals surface area contributed by atoms with E-state index in [0.29, 0.717) is 18.6 Å². The molecule has 0 amide bonds. The number of hydrogen-bond donors (Lipinski definition) is 0. The van der Waals surface area contributed by atoms with E-state index in [1.54, 1.807) is 0 Å². The molecule has 4 heterocycles. The lowest BCUT2D eigenvalue weighted by molar-refractivity contribution is 0.485. The van der Waals surface area contributed by atoms with Crippen LogP contribution in [0.3, 0.4) is 0 Å². The first-order chi connectivity index (χ1) is 12.3. The van der Waals surface area contributed by atoms with Gasteiger partial charge in [-0.2, -0.15) is 5.10 Å². The highest BCUT2D eigenvalue weighted by atomic mass is 32.2. The number of hydrogen-bond acceptors (Lipinski definition) is 8. The Morgan fingerprint density at radius 3 is 2.81 bits per heavy atom. The maximum atomic E-state index is 11.8. The highest BCUT2D eigenvalue weighted by molar-refractivity contribution is 7.91. The zero-order valence-corrected chi connectivity index (χ0v) is 15.7. The highest BCUT2D eigenvalue weighted by Crippen LogP contribution is 2.27. The van der Waals surface area contributed by atoms with Crippen molar-refractivity contribution in [2.45, 2.75) is 32.9 Å². The molecule has 0 saturated carbocycles. The van der Waals surface area contributed by atoms with Crippen LogP contribution in [0.1, 0.15) is 29.4 Å². The summed E-state index contributed by atoms with van der Waals surface area (Å²) in [6, 6.07) is 3.60. The monoisotopic (exact) mass is 376 g/mol. The second-order valence-corrected chi connectivity index (χ2v) is 8.95. The van der Waals surface area contributed by atoms with E-state index in [4.69, 9.17) is 0 Å². The zero-order valence-electron chi connectivity index (χ0n) is 14.9. The Labute approximate surface area is 150 Å². The molecule has 1 aliphatic heterocycles. The largest absolute Gasteiger partial charge is 0.354 e. The van der Waals surface area contributed by atoms with Crippen LogP contribution in [0.5, 0.6) is 0 Å². The van der Waals surface area contributed by atoms with E-state index in [1.165, 1.54) is 4.63 Å². The maximum Gasteiger partial charge on any atom is 0.200 e. The molecule has 4 rings (SSSR count). The molecule has 10 nitrogen and oxygen atoms in total. The van der Waals surface area contributed by atoms with Crippen LogP contribution in [0.15, 0.2) is 12.1 Å². The fourth-order valence-electron chi connectivity index (χ4n) is 3.41. The summed E-state index contributed by atoms with van der Waals surface area (Å²) in [7, 11) is -1.01. The molecule has 1 atom stereocenters. The molecule has 138 valence electrons. The van der Waals surface area contributed by atoms with Gasteiger partial charge in [-0.05, 0) is 42.8 Å². The van der Waals surface area contributed by atoms with Gasteiger partial charge in [0.05, 0.1) is 23.2 Å². The summed E-state index contributed by atoms with van der Waals surface area (Å²) in [4.78, 5) is 1.99. The molecule has 0 aliphatic carbocycles. The molecule has 0 radical (unpaired) electrons. The molecule has 26 heavy (non-hydrogen) atoms. The van der Waals surface area contributed by atoms with Gasteiger partial charge in [0, 0.05) is 24.8 Å². The molecular formula is C15H20N8O2S. The van der Waals surface area contributed by atoms with Gasteiger partial charge in [0.25, 0.3) is 0 Å². The van der Waals surface area contributed by atoms with Gasteiger partial charge < -0.3 is 4.90 Å². The minimum atomic E-state index is -2.95. The predicted octanol–water partition coefficient (Wildman–Crippen LogP) is 0.329. The van der Waals surface area contributed by atoms with Crippen LogP contribution in [-0.4, -0.2) is 62.0 Å². The second kappa shape index (κ2) is 6.01. The Balaban J connectivity index is 1.59. The molecule has 3 aromatic rings. The highest BCUT2D eigenvalue weighted by Gasteiger charge is 2.31. The van der Waals surface area contributed by atoms with E-state index in [-0.39, 0.29) is 17.5 Å². The molecule has 11 heteroatoms. The predicted molar refractivity (Wildman–Crippen MR) is 94.7 cm³/mol. The van der Waals surface area contributed by atoms with Crippen LogP contribution in [0.2, 0.25) is 0 Å². The average Bonchev–Trinajstić information content (AvgIpc) is 3.27. The third kappa shape index (κ3) is 2.91. The first kappa shape index (κ1) is 16.9. The van der Waals surface area contributed by atoms with Crippen molar-refractivity contribution in [1.29, 1.82) is 0 Å². The molecule has 1 saturated heterocycles. The van der Waals surface area contributed by atoms with Crippen molar-refractivity contribution in [3.05, 3.63) is 29.1 Å². The van der Waals surface area contributed by atoms with Gasteiger partial charge in [-0.25, -0.2) is 8.42 Å². The van der Waals surface area contributed by atoms with E-state index in [1.807, 2.05) is 42.6 Å². The van der Waals surface area contributed by atoms with E-state index in [0.717, 1.165) is 22.8 Å². The number of fused-ring (bicyclic) bond motifs is 1. The molecular weight excluding hydrogens is 356 g/mol. The first-order valence-electron chi connectivity index (χ1n) is 8.35. The summed E-state index contributed by atoms with van der Waals surface area (Å²) in [6.07, 6.45) is 0.622. The van der Waals surface area contributed by atoms with Crippen molar-refractivity contribution < 1.29 is 8.42 Å². The van der Waals surface area contributed by atoms with Crippen LogP contribution in [0.25, 0.3) is 5.65 Å². The standard InChI is InChI=1S/C15H20N8O2S/c1-10-13(11(2)22(17-10)12-6-7-26(24,25)9-12)8-21(3)15-5-4-14-16-19-20-23(14)18-15/h4-5,12H,6-9H2,1-3H3. The van der Waals surface area contributed by atoms with Crippen molar-refractivity contribution in [1.82, 2.24) is 35.0 Å². The molecule has 1 aliphatic rings.